The van der Waals surface area contributed by atoms with E-state index >= 15 is 0 Å². The van der Waals surface area contributed by atoms with Gasteiger partial charge in [-0.05, 0) is 55.0 Å². The Morgan fingerprint density at radius 3 is 1.88 bits per heavy atom. The van der Waals surface area contributed by atoms with E-state index in [2.05, 4.69) is 4.72 Å². The predicted octanol–water partition coefficient (Wildman–Crippen LogP) is 3.76. The number of phenols is 2. The number of rotatable bonds is 8. The lowest BCUT2D eigenvalue weighted by Gasteiger charge is -2.21. The van der Waals surface area contributed by atoms with Gasteiger partial charge in [0.25, 0.3) is 5.69 Å². The maximum absolute atomic E-state index is 13.1. The van der Waals surface area contributed by atoms with Crippen molar-refractivity contribution in [2.45, 2.75) is 37.6 Å². The number of nitrogens with one attached hydrogen (secondary N) is 1. The van der Waals surface area contributed by atoms with Crippen molar-refractivity contribution in [2.24, 2.45) is 0 Å². The molecule has 0 heterocycles. The summed E-state index contributed by atoms with van der Waals surface area (Å²) in [5, 5.41) is 32.2. The van der Waals surface area contributed by atoms with Gasteiger partial charge in [-0.3, -0.25) is 10.1 Å². The zero-order valence-electron chi connectivity index (χ0n) is 17.6. The van der Waals surface area contributed by atoms with Gasteiger partial charge >= 0.3 is 0 Å². The first-order chi connectivity index (χ1) is 15.1. The molecule has 3 N–H and O–H groups in total. The molecule has 0 aliphatic carbocycles. The Balaban J connectivity index is 2.01. The molecule has 0 saturated heterocycles. The Morgan fingerprint density at radius 1 is 0.875 bits per heavy atom. The summed E-state index contributed by atoms with van der Waals surface area (Å²) in [7, 11) is -4.28. The summed E-state index contributed by atoms with van der Waals surface area (Å²) in [6.07, 6.45) is 0.224. The maximum Gasteiger partial charge on any atom is 0.289 e. The van der Waals surface area contributed by atoms with Crippen LogP contribution in [0.4, 0.5) is 5.69 Å². The highest BCUT2D eigenvalue weighted by Gasteiger charge is 2.29. The van der Waals surface area contributed by atoms with Gasteiger partial charge in [0, 0.05) is 12.1 Å². The SMILES string of the molecule is Cc1cccc(CC(Cc2cccc(C)c2O)NS(=O)(=O)c2ccccc2[N+](=O)[O-])c1O. The fourth-order valence-electron chi connectivity index (χ4n) is 3.57. The summed E-state index contributed by atoms with van der Waals surface area (Å²) >= 11 is 0. The van der Waals surface area contributed by atoms with E-state index in [-0.39, 0.29) is 24.3 Å². The first-order valence-electron chi connectivity index (χ1n) is 9.91. The zero-order valence-corrected chi connectivity index (χ0v) is 18.5. The van der Waals surface area contributed by atoms with E-state index < -0.39 is 31.6 Å². The molecule has 0 unspecified atom stereocenters. The van der Waals surface area contributed by atoms with Crippen molar-refractivity contribution in [1.82, 2.24) is 4.72 Å². The standard InChI is InChI=1S/C23H24N2O6S/c1-15-7-5-9-17(22(15)26)13-19(14-18-10-6-8-16(2)23(18)27)24-32(30,31)21-12-4-3-11-20(21)25(28)29/h3-12,19,24,26-27H,13-14H2,1-2H3. The van der Waals surface area contributed by atoms with Crippen LogP contribution in [0.5, 0.6) is 11.5 Å². The van der Waals surface area contributed by atoms with Crippen molar-refractivity contribution in [1.29, 1.82) is 0 Å². The van der Waals surface area contributed by atoms with Crippen molar-refractivity contribution in [3.8, 4) is 11.5 Å². The van der Waals surface area contributed by atoms with Gasteiger partial charge in [-0.15, -0.1) is 0 Å². The molecular formula is C23H24N2O6S. The highest BCUT2D eigenvalue weighted by molar-refractivity contribution is 7.89. The van der Waals surface area contributed by atoms with Crippen LogP contribution in [0.1, 0.15) is 22.3 Å². The molecule has 0 amide bonds. The number of benzene rings is 3. The smallest absolute Gasteiger partial charge is 0.289 e. The first kappa shape index (κ1) is 23.2. The fraction of sp³-hybridized carbons (Fsp3) is 0.217. The molecule has 9 heteroatoms. The van der Waals surface area contributed by atoms with Crippen LogP contribution < -0.4 is 4.72 Å². The number of hydrogen-bond donors (Lipinski definition) is 3. The van der Waals surface area contributed by atoms with E-state index in [0.717, 1.165) is 6.07 Å². The van der Waals surface area contributed by atoms with Gasteiger partial charge in [0.2, 0.25) is 10.0 Å². The lowest BCUT2D eigenvalue weighted by atomic mass is 9.96. The van der Waals surface area contributed by atoms with Gasteiger partial charge in [0.15, 0.2) is 4.90 Å². The van der Waals surface area contributed by atoms with Crippen molar-refractivity contribution in [2.75, 3.05) is 0 Å². The van der Waals surface area contributed by atoms with Crippen molar-refractivity contribution in [3.63, 3.8) is 0 Å². The number of nitro groups is 1. The third-order valence-corrected chi connectivity index (χ3v) is 6.82. The van der Waals surface area contributed by atoms with Gasteiger partial charge in [0.1, 0.15) is 11.5 Å². The topological polar surface area (TPSA) is 130 Å². The Kier molecular flexibility index (Phi) is 6.81. The van der Waals surface area contributed by atoms with Crippen LogP contribution in [0.3, 0.4) is 0 Å². The number of nitro benzene ring substituents is 1. The summed E-state index contributed by atoms with van der Waals surface area (Å²) < 4.78 is 28.8. The van der Waals surface area contributed by atoms with Crippen molar-refractivity contribution >= 4 is 15.7 Å². The molecular weight excluding hydrogens is 432 g/mol. The Morgan fingerprint density at radius 2 is 1.38 bits per heavy atom. The summed E-state index contributed by atoms with van der Waals surface area (Å²) in [6.45, 7) is 3.47. The van der Waals surface area contributed by atoms with Gasteiger partial charge in [0.05, 0.1) is 4.92 Å². The Bertz CT molecular complexity index is 1200. The molecule has 0 saturated carbocycles. The molecule has 0 aliphatic rings. The van der Waals surface area contributed by atoms with E-state index in [1.165, 1.54) is 18.2 Å². The summed E-state index contributed by atoms with van der Waals surface area (Å²) in [6, 6.07) is 14.7. The molecule has 3 rings (SSSR count). The van der Waals surface area contributed by atoms with Gasteiger partial charge in [-0.1, -0.05) is 48.5 Å². The zero-order chi connectivity index (χ0) is 23.5. The highest BCUT2D eigenvalue weighted by Crippen LogP contribution is 2.28. The van der Waals surface area contributed by atoms with E-state index in [1.807, 2.05) is 0 Å². The second-order valence-electron chi connectivity index (χ2n) is 7.62. The number of sulfonamides is 1. The number of hydrogen-bond acceptors (Lipinski definition) is 6. The number of nitrogens with zero attached hydrogens (tertiary/aromatic N) is 1. The molecule has 0 radical (unpaired) electrons. The molecule has 0 atom stereocenters. The third kappa shape index (κ3) is 5.06. The van der Waals surface area contributed by atoms with Crippen molar-refractivity contribution < 1.29 is 23.6 Å². The number of phenolic OH excluding ortho intramolecular Hbond substituents is 2. The molecule has 0 spiro atoms. The van der Waals surface area contributed by atoms with Gasteiger partial charge in [-0.25, -0.2) is 13.1 Å². The maximum atomic E-state index is 13.1. The lowest BCUT2D eigenvalue weighted by Crippen LogP contribution is -2.38. The van der Waals surface area contributed by atoms with Crippen LogP contribution in [-0.2, 0) is 22.9 Å². The third-order valence-electron chi connectivity index (χ3n) is 5.25. The number of aromatic hydroxyl groups is 2. The Labute approximate surface area is 186 Å². The van der Waals surface area contributed by atoms with E-state index in [4.69, 9.17) is 0 Å². The predicted molar refractivity (Wildman–Crippen MR) is 120 cm³/mol. The van der Waals surface area contributed by atoms with Gasteiger partial charge in [-0.2, -0.15) is 0 Å². The molecule has 0 aromatic heterocycles. The van der Waals surface area contributed by atoms with Crippen LogP contribution in [-0.4, -0.2) is 29.6 Å². The van der Waals surface area contributed by atoms with E-state index in [0.29, 0.717) is 22.3 Å². The van der Waals surface area contributed by atoms with Crippen LogP contribution in [0.2, 0.25) is 0 Å². The first-order valence-corrected chi connectivity index (χ1v) is 11.4. The normalized spacial score (nSPS) is 11.6. The lowest BCUT2D eigenvalue weighted by molar-refractivity contribution is -0.387. The highest BCUT2D eigenvalue weighted by atomic mass is 32.2. The van der Waals surface area contributed by atoms with Crippen molar-refractivity contribution in [3.05, 3.63) is 93.0 Å². The molecule has 168 valence electrons. The van der Waals surface area contributed by atoms with Crippen LogP contribution >= 0.6 is 0 Å². The number of aryl methyl sites for hydroxylation is 2. The summed E-state index contributed by atoms with van der Waals surface area (Å²) in [5.41, 5.74) is 1.79. The molecule has 0 aliphatic heterocycles. The minimum atomic E-state index is -4.28. The minimum absolute atomic E-state index is 0.0517. The van der Waals surface area contributed by atoms with E-state index in [1.54, 1.807) is 50.2 Å². The summed E-state index contributed by atoms with van der Waals surface area (Å²) in [4.78, 5) is 10.2. The largest absolute Gasteiger partial charge is 0.507 e. The molecule has 8 nitrogen and oxygen atoms in total. The van der Waals surface area contributed by atoms with Gasteiger partial charge < -0.3 is 10.2 Å². The second-order valence-corrected chi connectivity index (χ2v) is 9.30. The monoisotopic (exact) mass is 456 g/mol. The molecule has 0 bridgehead atoms. The number of para-hydroxylation sites is 3. The fourth-order valence-corrected chi connectivity index (χ4v) is 4.98. The molecule has 3 aromatic rings. The second kappa shape index (κ2) is 9.37. The van der Waals surface area contributed by atoms with Crippen LogP contribution in [0.25, 0.3) is 0 Å². The molecule has 3 aromatic carbocycles. The average molecular weight is 457 g/mol. The van der Waals surface area contributed by atoms with Crippen LogP contribution in [0.15, 0.2) is 65.6 Å². The molecule has 32 heavy (non-hydrogen) atoms. The molecule has 0 fully saturated rings. The Hall–Kier alpha value is -3.43. The summed E-state index contributed by atoms with van der Waals surface area (Å²) in [5.74, 6) is 0.103. The quantitative estimate of drug-likeness (QED) is 0.350. The van der Waals surface area contributed by atoms with E-state index in [9.17, 15) is 28.7 Å². The van der Waals surface area contributed by atoms with Crippen LogP contribution in [0, 0.1) is 24.0 Å². The average Bonchev–Trinajstić information content (AvgIpc) is 2.74. The minimum Gasteiger partial charge on any atom is -0.507 e.